The molecule has 3 heterocycles. The Balaban J connectivity index is 1.72. The lowest BCUT2D eigenvalue weighted by Crippen LogP contribution is -2.44. The Labute approximate surface area is 160 Å². The number of carbonyl (C=O) groups is 2. The summed E-state index contributed by atoms with van der Waals surface area (Å²) in [4.78, 5) is 32.6. The van der Waals surface area contributed by atoms with E-state index in [1.807, 2.05) is 5.32 Å². The molecule has 0 radical (unpaired) electrons. The molecule has 1 aliphatic rings. The van der Waals surface area contributed by atoms with Crippen LogP contribution in [0.5, 0.6) is 0 Å². The highest BCUT2D eigenvalue weighted by atomic mass is 19.4. The fraction of sp³-hybridized carbons (Fsp3) is 0.375. The van der Waals surface area contributed by atoms with Gasteiger partial charge in [-0.25, -0.2) is 9.78 Å². The van der Waals surface area contributed by atoms with Gasteiger partial charge in [0.15, 0.2) is 5.69 Å². The van der Waals surface area contributed by atoms with Crippen molar-refractivity contribution in [3.63, 3.8) is 0 Å². The molecule has 2 aromatic heterocycles. The molecule has 0 fully saturated rings. The first-order valence-electron chi connectivity index (χ1n) is 8.35. The zero-order valence-corrected chi connectivity index (χ0v) is 14.9. The Morgan fingerprint density at radius 3 is 2.45 bits per heavy atom. The molecule has 1 unspecified atom stereocenters. The third-order valence-electron chi connectivity index (χ3n) is 4.25. The number of pyridine rings is 1. The average Bonchev–Trinajstić information content (AvgIpc) is 3.03. The van der Waals surface area contributed by atoms with Crippen molar-refractivity contribution in [2.45, 2.75) is 32.2 Å². The second kappa shape index (κ2) is 7.64. The number of halogens is 5. The molecular formula is C16H15F5N6O2. The van der Waals surface area contributed by atoms with Crippen molar-refractivity contribution in [2.24, 2.45) is 0 Å². The zero-order valence-electron chi connectivity index (χ0n) is 14.9. The van der Waals surface area contributed by atoms with E-state index in [-0.39, 0.29) is 36.7 Å². The van der Waals surface area contributed by atoms with Crippen molar-refractivity contribution in [1.29, 1.82) is 0 Å². The van der Waals surface area contributed by atoms with Crippen molar-refractivity contribution < 1.29 is 31.5 Å². The molecule has 13 heteroatoms. The van der Waals surface area contributed by atoms with Gasteiger partial charge in [-0.3, -0.25) is 4.79 Å². The maximum atomic E-state index is 13.2. The third-order valence-corrected chi connectivity index (χ3v) is 4.25. The van der Waals surface area contributed by atoms with Gasteiger partial charge in [0.1, 0.15) is 6.04 Å². The maximum absolute atomic E-state index is 13.2. The maximum Gasteiger partial charge on any atom is 0.408 e. The van der Waals surface area contributed by atoms with E-state index in [1.165, 1.54) is 11.2 Å². The van der Waals surface area contributed by atoms with E-state index in [0.717, 1.165) is 19.1 Å². The first-order valence-corrected chi connectivity index (χ1v) is 8.35. The van der Waals surface area contributed by atoms with E-state index in [4.69, 9.17) is 0 Å². The van der Waals surface area contributed by atoms with Crippen LogP contribution in [0.1, 0.15) is 23.1 Å². The van der Waals surface area contributed by atoms with Crippen LogP contribution in [0.3, 0.4) is 0 Å². The van der Waals surface area contributed by atoms with Crippen LogP contribution in [-0.2, 0) is 13.1 Å². The number of imidazole rings is 1. The molecule has 1 atom stereocenters. The summed E-state index contributed by atoms with van der Waals surface area (Å²) in [6, 6.07) is -1.14. The molecule has 0 spiro atoms. The summed E-state index contributed by atoms with van der Waals surface area (Å²) in [6.45, 7) is 1.08. The van der Waals surface area contributed by atoms with Crippen molar-refractivity contribution in [3.8, 4) is 0 Å². The Kier molecular flexibility index (Phi) is 5.40. The van der Waals surface area contributed by atoms with E-state index in [1.54, 1.807) is 4.57 Å². The predicted octanol–water partition coefficient (Wildman–Crippen LogP) is 2.28. The number of rotatable bonds is 3. The zero-order chi connectivity index (χ0) is 21.3. The predicted molar refractivity (Wildman–Crippen MR) is 88.8 cm³/mol. The van der Waals surface area contributed by atoms with Crippen LogP contribution >= 0.6 is 0 Å². The number of carbonyl (C=O) groups excluding carboxylic acids is 2. The number of amides is 3. The number of alkyl halides is 3. The quantitative estimate of drug-likeness (QED) is 0.591. The van der Waals surface area contributed by atoms with Crippen LogP contribution in [0.2, 0.25) is 0 Å². The highest BCUT2D eigenvalue weighted by Gasteiger charge is 2.38. The third kappa shape index (κ3) is 4.60. The molecule has 0 bridgehead atoms. The highest BCUT2D eigenvalue weighted by Crippen LogP contribution is 2.22. The molecule has 0 aliphatic carbocycles. The van der Waals surface area contributed by atoms with Crippen LogP contribution in [0.4, 0.5) is 32.4 Å². The van der Waals surface area contributed by atoms with Gasteiger partial charge in [0.05, 0.1) is 24.3 Å². The van der Waals surface area contributed by atoms with Gasteiger partial charge in [-0.15, -0.1) is 0 Å². The summed E-state index contributed by atoms with van der Waals surface area (Å²) in [5, 5.41) is 4.12. The summed E-state index contributed by atoms with van der Waals surface area (Å²) < 4.78 is 65.8. The van der Waals surface area contributed by atoms with Gasteiger partial charge >= 0.3 is 12.2 Å². The van der Waals surface area contributed by atoms with Crippen LogP contribution in [0, 0.1) is 11.9 Å². The molecule has 1 aliphatic heterocycles. The largest absolute Gasteiger partial charge is 0.408 e. The van der Waals surface area contributed by atoms with Gasteiger partial charge in [0.2, 0.25) is 11.9 Å². The van der Waals surface area contributed by atoms with Gasteiger partial charge in [0.25, 0.3) is 5.91 Å². The number of hydrogen-bond acceptors (Lipinski definition) is 4. The van der Waals surface area contributed by atoms with Gasteiger partial charge in [-0.1, -0.05) is 0 Å². The van der Waals surface area contributed by atoms with Crippen molar-refractivity contribution in [1.82, 2.24) is 24.8 Å². The molecule has 3 amide bonds. The van der Waals surface area contributed by atoms with Gasteiger partial charge in [-0.05, 0) is 6.92 Å². The summed E-state index contributed by atoms with van der Waals surface area (Å²) in [7, 11) is 0. The highest BCUT2D eigenvalue weighted by molar-refractivity contribution is 5.94. The fourth-order valence-corrected chi connectivity index (χ4v) is 2.70. The van der Waals surface area contributed by atoms with Crippen LogP contribution in [0.25, 0.3) is 0 Å². The van der Waals surface area contributed by atoms with Crippen LogP contribution in [0.15, 0.2) is 18.5 Å². The second-order valence-electron chi connectivity index (χ2n) is 6.32. The molecule has 156 valence electrons. The Morgan fingerprint density at radius 1 is 1.17 bits per heavy atom. The Bertz CT molecular complexity index is 924. The molecule has 0 saturated heterocycles. The average molecular weight is 418 g/mol. The van der Waals surface area contributed by atoms with E-state index >= 15 is 0 Å². The standard InChI is InChI=1S/C16H15F5N6O2/c1-8(16(19,20)21)23-14(28)13-10-6-26(2-3-27(10)7-22-13)15(29)24-9-4-11(17)25-12(18)5-9/h4-5,7-8H,2-3,6H2,1H3,(H,23,28)(H,24,25,29). The molecule has 8 nitrogen and oxygen atoms in total. The van der Waals surface area contributed by atoms with E-state index in [9.17, 15) is 31.5 Å². The van der Waals surface area contributed by atoms with Crippen LogP contribution in [-0.4, -0.2) is 50.1 Å². The minimum Gasteiger partial charge on any atom is -0.339 e. The SMILES string of the molecule is CC(NC(=O)c1ncn2c1CN(C(=O)Nc1cc(F)nc(F)c1)CC2)C(F)(F)F. The number of fused-ring (bicyclic) bond motifs is 1. The summed E-state index contributed by atoms with van der Waals surface area (Å²) >= 11 is 0. The number of hydrogen-bond donors (Lipinski definition) is 2. The van der Waals surface area contributed by atoms with Crippen LogP contribution < -0.4 is 10.6 Å². The fourth-order valence-electron chi connectivity index (χ4n) is 2.70. The number of aromatic nitrogens is 3. The van der Waals surface area contributed by atoms with E-state index in [0.29, 0.717) is 0 Å². The number of nitrogens with zero attached hydrogens (tertiary/aromatic N) is 4. The molecule has 29 heavy (non-hydrogen) atoms. The molecular weight excluding hydrogens is 403 g/mol. The monoisotopic (exact) mass is 418 g/mol. The smallest absolute Gasteiger partial charge is 0.339 e. The molecule has 2 aromatic rings. The number of nitrogens with one attached hydrogen (secondary N) is 2. The lowest BCUT2D eigenvalue weighted by Gasteiger charge is -2.29. The lowest BCUT2D eigenvalue weighted by atomic mass is 10.2. The summed E-state index contributed by atoms with van der Waals surface area (Å²) in [5.74, 6) is -3.26. The normalized spacial score (nSPS) is 14.9. The number of anilines is 1. The van der Waals surface area contributed by atoms with Gasteiger partial charge in [-0.2, -0.15) is 26.9 Å². The van der Waals surface area contributed by atoms with Crippen molar-refractivity contribution in [2.75, 3.05) is 11.9 Å². The molecule has 0 saturated carbocycles. The van der Waals surface area contributed by atoms with E-state index in [2.05, 4.69) is 15.3 Å². The first kappa shape index (κ1) is 20.5. The topological polar surface area (TPSA) is 92.2 Å². The summed E-state index contributed by atoms with van der Waals surface area (Å²) in [5.41, 5.74) is -0.152. The second-order valence-corrected chi connectivity index (χ2v) is 6.32. The molecule has 3 rings (SSSR count). The van der Waals surface area contributed by atoms with Gasteiger partial charge in [0, 0.05) is 25.2 Å². The number of urea groups is 1. The minimum atomic E-state index is -4.61. The van der Waals surface area contributed by atoms with Crippen molar-refractivity contribution in [3.05, 3.63) is 41.7 Å². The van der Waals surface area contributed by atoms with E-state index < -0.39 is 36.1 Å². The lowest BCUT2D eigenvalue weighted by molar-refractivity contribution is -0.149. The summed E-state index contributed by atoms with van der Waals surface area (Å²) in [6.07, 6.45) is -3.32. The molecule has 0 aromatic carbocycles. The van der Waals surface area contributed by atoms with Crippen molar-refractivity contribution >= 4 is 17.6 Å². The first-order chi connectivity index (χ1) is 13.5. The Morgan fingerprint density at radius 2 is 1.83 bits per heavy atom. The van der Waals surface area contributed by atoms with Gasteiger partial charge < -0.3 is 20.1 Å². The molecule has 2 N–H and O–H groups in total. The minimum absolute atomic E-state index is 0.134. The Hall–Kier alpha value is -3.25.